The van der Waals surface area contributed by atoms with Crippen molar-refractivity contribution in [3.63, 3.8) is 0 Å². The van der Waals surface area contributed by atoms with E-state index in [4.69, 9.17) is 0 Å². The molecule has 2 aromatic carbocycles. The van der Waals surface area contributed by atoms with Crippen LogP contribution in [0.15, 0.2) is 71.9 Å². The molecule has 0 saturated heterocycles. The Kier molecular flexibility index (Phi) is 5.50. The predicted octanol–water partition coefficient (Wildman–Crippen LogP) is 4.36. The molecule has 0 radical (unpaired) electrons. The summed E-state index contributed by atoms with van der Waals surface area (Å²) < 4.78 is 4.48. The number of amides is 1. The van der Waals surface area contributed by atoms with Crippen molar-refractivity contribution >= 4 is 21.8 Å². The molecule has 1 unspecified atom stereocenters. The number of nitrogens with zero attached hydrogens (tertiary/aromatic N) is 6. The van der Waals surface area contributed by atoms with Crippen LogP contribution in [-0.2, 0) is 0 Å². The van der Waals surface area contributed by atoms with Crippen molar-refractivity contribution in [1.82, 2.24) is 29.4 Å². The van der Waals surface area contributed by atoms with Crippen molar-refractivity contribution in [2.24, 2.45) is 0 Å². The molecule has 4 aromatic rings. The van der Waals surface area contributed by atoms with Crippen LogP contribution in [0.3, 0.4) is 0 Å². The summed E-state index contributed by atoms with van der Waals surface area (Å²) in [7, 11) is 1.81. The molecule has 4 rings (SSSR count). The van der Waals surface area contributed by atoms with Gasteiger partial charge in [0, 0.05) is 11.5 Å². The van der Waals surface area contributed by atoms with Crippen molar-refractivity contribution in [3.8, 4) is 11.4 Å². The molecule has 0 fully saturated rings. The molecule has 30 heavy (non-hydrogen) atoms. The largest absolute Gasteiger partial charge is 0.335 e. The second kappa shape index (κ2) is 8.23. The second-order valence-corrected chi connectivity index (χ2v) is 7.97. The molecule has 152 valence electrons. The standard InChI is InChI=1S/C22H21BrN6O/c1-15(17-4-8-19(9-5-17)28-14-24-13-26-28)27(3)22(30)21-12-25-29(16(21)2)20-10-6-18(23)7-11-20/h4-15H,1-3H3. The fraction of sp³-hybridized carbons (Fsp3) is 0.182. The molecule has 2 heterocycles. The van der Waals surface area contributed by atoms with Crippen LogP contribution in [0.25, 0.3) is 11.4 Å². The van der Waals surface area contributed by atoms with Gasteiger partial charge in [0.15, 0.2) is 0 Å². The third-order valence-electron chi connectivity index (χ3n) is 5.27. The number of aromatic nitrogens is 5. The van der Waals surface area contributed by atoms with Gasteiger partial charge in [0.25, 0.3) is 5.91 Å². The van der Waals surface area contributed by atoms with Crippen LogP contribution in [0.4, 0.5) is 0 Å². The molecule has 1 atom stereocenters. The molecule has 0 aliphatic heterocycles. The van der Waals surface area contributed by atoms with Crippen molar-refractivity contribution in [3.05, 3.63) is 88.7 Å². The average molecular weight is 465 g/mol. The first-order valence-corrected chi connectivity index (χ1v) is 10.3. The maximum absolute atomic E-state index is 13.2. The normalized spacial score (nSPS) is 12.0. The summed E-state index contributed by atoms with van der Waals surface area (Å²) in [6, 6.07) is 15.7. The molecule has 1 amide bonds. The Morgan fingerprint density at radius 3 is 2.33 bits per heavy atom. The Labute approximate surface area is 183 Å². The zero-order valence-electron chi connectivity index (χ0n) is 16.9. The summed E-state index contributed by atoms with van der Waals surface area (Å²) in [6.45, 7) is 3.92. The maximum Gasteiger partial charge on any atom is 0.257 e. The van der Waals surface area contributed by atoms with E-state index in [2.05, 4.69) is 31.1 Å². The maximum atomic E-state index is 13.2. The van der Waals surface area contributed by atoms with Crippen molar-refractivity contribution in [2.75, 3.05) is 7.05 Å². The SMILES string of the molecule is Cc1c(C(=O)N(C)C(C)c2ccc(-n3cncn3)cc2)cnn1-c1ccc(Br)cc1. The van der Waals surface area contributed by atoms with E-state index in [0.29, 0.717) is 5.56 Å². The third-order valence-corrected chi connectivity index (χ3v) is 5.80. The minimum atomic E-state index is -0.0993. The molecule has 0 aliphatic rings. The predicted molar refractivity (Wildman–Crippen MR) is 118 cm³/mol. The minimum absolute atomic E-state index is 0.0660. The van der Waals surface area contributed by atoms with Crippen LogP contribution in [0.2, 0.25) is 0 Å². The summed E-state index contributed by atoms with van der Waals surface area (Å²) >= 11 is 3.44. The molecule has 0 bridgehead atoms. The van der Waals surface area contributed by atoms with Crippen molar-refractivity contribution in [2.45, 2.75) is 19.9 Å². The number of carbonyl (C=O) groups is 1. The lowest BCUT2D eigenvalue weighted by Gasteiger charge is -2.25. The lowest BCUT2D eigenvalue weighted by molar-refractivity contribution is 0.0742. The molecule has 0 saturated carbocycles. The molecule has 0 N–H and O–H groups in total. The van der Waals surface area contributed by atoms with Gasteiger partial charge < -0.3 is 4.90 Å². The van der Waals surface area contributed by atoms with Crippen LogP contribution in [0.5, 0.6) is 0 Å². The van der Waals surface area contributed by atoms with E-state index in [9.17, 15) is 4.79 Å². The quantitative estimate of drug-likeness (QED) is 0.439. The zero-order chi connectivity index (χ0) is 21.3. The van der Waals surface area contributed by atoms with Crippen LogP contribution >= 0.6 is 15.9 Å². The number of carbonyl (C=O) groups excluding carboxylic acids is 1. The number of halogens is 1. The highest BCUT2D eigenvalue weighted by Gasteiger charge is 2.23. The zero-order valence-corrected chi connectivity index (χ0v) is 18.5. The third kappa shape index (κ3) is 3.78. The summed E-state index contributed by atoms with van der Waals surface area (Å²) in [6.07, 6.45) is 4.79. The highest BCUT2D eigenvalue weighted by molar-refractivity contribution is 9.10. The van der Waals surface area contributed by atoms with Crippen LogP contribution < -0.4 is 0 Å². The monoisotopic (exact) mass is 464 g/mol. The lowest BCUT2D eigenvalue weighted by atomic mass is 10.1. The molecule has 0 spiro atoms. The van der Waals surface area contributed by atoms with Crippen molar-refractivity contribution in [1.29, 1.82) is 0 Å². The summed E-state index contributed by atoms with van der Waals surface area (Å²) in [5.74, 6) is -0.0660. The Hall–Kier alpha value is -3.26. The van der Waals surface area contributed by atoms with Gasteiger partial charge in [-0.15, -0.1) is 0 Å². The number of hydrogen-bond acceptors (Lipinski definition) is 4. The Balaban J connectivity index is 1.54. The van der Waals surface area contributed by atoms with E-state index in [-0.39, 0.29) is 11.9 Å². The van der Waals surface area contributed by atoms with Gasteiger partial charge in [0.05, 0.1) is 34.9 Å². The van der Waals surface area contributed by atoms with E-state index in [0.717, 1.165) is 27.1 Å². The molecule has 7 nitrogen and oxygen atoms in total. The molecule has 2 aromatic heterocycles. The van der Waals surface area contributed by atoms with E-state index < -0.39 is 0 Å². The van der Waals surface area contributed by atoms with Crippen molar-refractivity contribution < 1.29 is 4.79 Å². The average Bonchev–Trinajstić information content (AvgIpc) is 3.43. The molecular formula is C22H21BrN6O. The van der Waals surface area contributed by atoms with Gasteiger partial charge >= 0.3 is 0 Å². The lowest BCUT2D eigenvalue weighted by Crippen LogP contribution is -2.30. The smallest absolute Gasteiger partial charge is 0.257 e. The van der Waals surface area contributed by atoms with Crippen LogP contribution in [0, 0.1) is 6.92 Å². The van der Waals surface area contributed by atoms with Crippen LogP contribution in [-0.4, -0.2) is 42.4 Å². The Morgan fingerprint density at radius 2 is 1.70 bits per heavy atom. The summed E-state index contributed by atoms with van der Waals surface area (Å²) in [5, 5.41) is 8.56. The first-order valence-electron chi connectivity index (χ1n) is 9.48. The first kappa shape index (κ1) is 20.0. The number of rotatable bonds is 5. The molecular weight excluding hydrogens is 444 g/mol. The minimum Gasteiger partial charge on any atom is -0.335 e. The highest BCUT2D eigenvalue weighted by Crippen LogP contribution is 2.24. The Morgan fingerprint density at radius 1 is 1.03 bits per heavy atom. The van der Waals surface area contributed by atoms with Crippen LogP contribution in [0.1, 0.15) is 34.6 Å². The van der Waals surface area contributed by atoms with Gasteiger partial charge in [0.1, 0.15) is 12.7 Å². The van der Waals surface area contributed by atoms with Gasteiger partial charge in [-0.2, -0.15) is 10.2 Å². The summed E-state index contributed by atoms with van der Waals surface area (Å²) in [5.41, 5.74) is 4.26. The topological polar surface area (TPSA) is 68.8 Å². The van der Waals surface area contributed by atoms with E-state index in [1.165, 1.54) is 6.33 Å². The molecule has 0 aliphatic carbocycles. The van der Waals surface area contributed by atoms with E-state index in [1.54, 1.807) is 26.8 Å². The van der Waals surface area contributed by atoms with E-state index in [1.807, 2.05) is 69.4 Å². The summed E-state index contributed by atoms with van der Waals surface area (Å²) in [4.78, 5) is 18.9. The Bertz CT molecular complexity index is 1150. The van der Waals surface area contributed by atoms with E-state index >= 15 is 0 Å². The van der Waals surface area contributed by atoms with Gasteiger partial charge in [-0.25, -0.2) is 14.3 Å². The molecule has 8 heteroatoms. The highest BCUT2D eigenvalue weighted by atomic mass is 79.9. The van der Waals surface area contributed by atoms with Gasteiger partial charge in [-0.3, -0.25) is 4.79 Å². The van der Waals surface area contributed by atoms with Gasteiger partial charge in [0.2, 0.25) is 0 Å². The fourth-order valence-electron chi connectivity index (χ4n) is 3.30. The number of benzene rings is 2. The number of hydrogen-bond donors (Lipinski definition) is 0. The first-order chi connectivity index (χ1) is 14.5. The van der Waals surface area contributed by atoms with Gasteiger partial charge in [-0.1, -0.05) is 28.1 Å². The van der Waals surface area contributed by atoms with Gasteiger partial charge in [-0.05, 0) is 55.8 Å². The second-order valence-electron chi connectivity index (χ2n) is 7.06. The fourth-order valence-corrected chi connectivity index (χ4v) is 3.56.